The van der Waals surface area contributed by atoms with Crippen LogP contribution in [0.5, 0.6) is 0 Å². The van der Waals surface area contributed by atoms with Gasteiger partial charge in [0, 0.05) is 19.3 Å². The number of carbonyl (C=O) groups excluding carboxylic acids is 7. The molecule has 2 rings (SSSR count). The minimum atomic E-state index is -1.27. The Balaban J connectivity index is 2.37. The van der Waals surface area contributed by atoms with Crippen molar-refractivity contribution in [3.05, 3.63) is 71.8 Å². The highest BCUT2D eigenvalue weighted by atomic mass is 16.4. The summed E-state index contributed by atoms with van der Waals surface area (Å²) in [7, 11) is 0. The van der Waals surface area contributed by atoms with Gasteiger partial charge in [0.25, 0.3) is 0 Å². The molecule has 0 saturated carbocycles. The lowest BCUT2D eigenvalue weighted by Crippen LogP contribution is -2.61. The molecule has 7 atom stereocenters. The number of unbranched alkanes of at least 4 members (excludes halogenated alkanes) is 1. The van der Waals surface area contributed by atoms with Gasteiger partial charge in [0.1, 0.15) is 36.3 Å². The number of carboxylic acids is 1. The number of amides is 7. The van der Waals surface area contributed by atoms with E-state index in [-0.39, 0.29) is 44.4 Å². The number of benzene rings is 2. The quantitative estimate of drug-likeness (QED) is 0.0530. The predicted molar refractivity (Wildman–Crippen MR) is 229 cm³/mol. The Bertz CT molecular complexity index is 1760. The highest BCUT2D eigenvalue weighted by molar-refractivity contribution is 5.97. The molecule has 0 spiro atoms. The molecule has 0 saturated heterocycles. The second-order valence-corrected chi connectivity index (χ2v) is 15.9. The van der Waals surface area contributed by atoms with Crippen molar-refractivity contribution in [1.82, 2.24) is 31.9 Å². The van der Waals surface area contributed by atoms with Gasteiger partial charge in [0.2, 0.25) is 41.4 Å². The van der Waals surface area contributed by atoms with Gasteiger partial charge in [0.05, 0.1) is 6.04 Å². The van der Waals surface area contributed by atoms with Crippen LogP contribution in [0, 0.1) is 11.8 Å². The number of nitrogens with one attached hydrogen (secondary N) is 6. The van der Waals surface area contributed by atoms with Gasteiger partial charge in [-0.25, -0.2) is 0 Å². The number of hydrogen-bond donors (Lipinski definition) is 10. The van der Waals surface area contributed by atoms with Crippen molar-refractivity contribution in [2.24, 2.45) is 29.0 Å². The fourth-order valence-corrected chi connectivity index (χ4v) is 6.26. The molecule has 61 heavy (non-hydrogen) atoms. The number of aliphatic carboxylic acids is 1. The van der Waals surface area contributed by atoms with E-state index in [0.29, 0.717) is 30.5 Å². The largest absolute Gasteiger partial charge is 0.480 e. The van der Waals surface area contributed by atoms with Crippen molar-refractivity contribution in [1.29, 1.82) is 0 Å². The second-order valence-electron chi connectivity index (χ2n) is 15.9. The maximum absolute atomic E-state index is 14.1. The first-order valence-corrected chi connectivity index (χ1v) is 20.7. The standard InChI is InChI=1S/C43H65N9O9/c1-25(2)22-32(49-38(55)31(18-12-13-21-44)48-37(54)30(45)19-20-35(46)53)41(58)52-36(26(3)4)42(59)51-34(24-29-16-10-7-11-17-29)40(57)50-33(23-28-14-8-6-9-15-28)39(56)47-27(5)43(60)61/h6-11,14-17,25-27,30-34,36H,12-13,18-24,44-45H2,1-5H3,(H2,46,53)(H,47,56)(H,48,54)(H,49,55)(H,50,57)(H,51,59)(H,52,58)(H,60,61)/t27-,30-,31-,32-,33-,34-,36-/m0/s1. The van der Waals surface area contributed by atoms with Crippen LogP contribution in [0.4, 0.5) is 0 Å². The molecule has 2 aromatic carbocycles. The zero-order valence-electron chi connectivity index (χ0n) is 35.8. The van der Waals surface area contributed by atoms with Gasteiger partial charge in [-0.15, -0.1) is 0 Å². The second kappa shape index (κ2) is 26.4. The third-order valence-electron chi connectivity index (χ3n) is 9.77. The monoisotopic (exact) mass is 851 g/mol. The molecule has 13 N–H and O–H groups in total. The first kappa shape index (κ1) is 51.3. The first-order chi connectivity index (χ1) is 28.8. The van der Waals surface area contributed by atoms with Crippen LogP contribution in [0.3, 0.4) is 0 Å². The van der Waals surface area contributed by atoms with Crippen molar-refractivity contribution in [2.75, 3.05) is 6.54 Å². The van der Waals surface area contributed by atoms with Crippen LogP contribution in [-0.2, 0) is 51.2 Å². The lowest BCUT2D eigenvalue weighted by Gasteiger charge is -2.29. The molecule has 0 aromatic heterocycles. The van der Waals surface area contributed by atoms with Gasteiger partial charge in [-0.2, -0.15) is 0 Å². The zero-order chi connectivity index (χ0) is 45.6. The van der Waals surface area contributed by atoms with Crippen molar-refractivity contribution in [3.8, 4) is 0 Å². The number of rotatable bonds is 27. The molecule has 2 aromatic rings. The van der Waals surface area contributed by atoms with E-state index in [0.717, 1.165) is 0 Å². The Morgan fingerprint density at radius 1 is 0.574 bits per heavy atom. The summed E-state index contributed by atoms with van der Waals surface area (Å²) >= 11 is 0. The van der Waals surface area contributed by atoms with E-state index in [9.17, 15) is 43.5 Å². The summed E-state index contributed by atoms with van der Waals surface area (Å²) in [6.07, 6.45) is 1.23. The molecule has 18 nitrogen and oxygen atoms in total. The van der Waals surface area contributed by atoms with Crippen LogP contribution in [-0.4, -0.2) is 101 Å². The van der Waals surface area contributed by atoms with Crippen LogP contribution >= 0.6 is 0 Å². The van der Waals surface area contributed by atoms with E-state index >= 15 is 0 Å². The van der Waals surface area contributed by atoms with Gasteiger partial charge in [0.15, 0.2) is 0 Å². The maximum atomic E-state index is 14.1. The summed E-state index contributed by atoms with van der Waals surface area (Å²) in [6, 6.07) is 9.36. The Morgan fingerprint density at radius 2 is 1.03 bits per heavy atom. The number of carbonyl (C=O) groups is 8. The number of hydrogen-bond acceptors (Lipinski definition) is 10. The molecular weight excluding hydrogens is 787 g/mol. The molecule has 0 fully saturated rings. The summed E-state index contributed by atoms with van der Waals surface area (Å²) in [4.78, 5) is 105. The number of nitrogens with two attached hydrogens (primary N) is 3. The molecule has 0 aliphatic rings. The molecule has 0 aliphatic carbocycles. The Labute approximate surface area is 357 Å². The summed E-state index contributed by atoms with van der Waals surface area (Å²) < 4.78 is 0. The van der Waals surface area contributed by atoms with Crippen LogP contribution in [0.15, 0.2) is 60.7 Å². The minimum absolute atomic E-state index is 0.00212. The lowest BCUT2D eigenvalue weighted by atomic mass is 9.98. The van der Waals surface area contributed by atoms with Crippen LogP contribution in [0.2, 0.25) is 0 Å². The summed E-state index contributed by atoms with van der Waals surface area (Å²) in [5.74, 6) is -6.72. The van der Waals surface area contributed by atoms with E-state index in [1.54, 1.807) is 74.5 Å². The summed E-state index contributed by atoms with van der Waals surface area (Å²) in [5, 5.41) is 25.4. The van der Waals surface area contributed by atoms with Crippen LogP contribution in [0.25, 0.3) is 0 Å². The van der Waals surface area contributed by atoms with E-state index in [2.05, 4.69) is 31.9 Å². The molecule has 0 bridgehead atoms. The van der Waals surface area contributed by atoms with Gasteiger partial charge in [-0.3, -0.25) is 38.4 Å². The van der Waals surface area contributed by atoms with Crippen LogP contribution < -0.4 is 49.1 Å². The molecule has 0 unspecified atom stereocenters. The number of carboxylic acid groups (broad SMARTS) is 1. The molecule has 0 radical (unpaired) electrons. The van der Waals surface area contributed by atoms with Crippen molar-refractivity contribution in [2.45, 2.75) is 128 Å². The lowest BCUT2D eigenvalue weighted by molar-refractivity contribution is -0.141. The van der Waals surface area contributed by atoms with E-state index in [1.807, 2.05) is 13.8 Å². The Morgan fingerprint density at radius 3 is 1.51 bits per heavy atom. The van der Waals surface area contributed by atoms with Crippen molar-refractivity contribution < 1.29 is 43.5 Å². The average Bonchev–Trinajstić information content (AvgIpc) is 3.20. The van der Waals surface area contributed by atoms with Crippen molar-refractivity contribution in [3.63, 3.8) is 0 Å². The topological polar surface area (TPSA) is 307 Å². The predicted octanol–water partition coefficient (Wildman–Crippen LogP) is -0.0910. The molecule has 0 aliphatic heterocycles. The van der Waals surface area contributed by atoms with Crippen molar-refractivity contribution >= 4 is 47.3 Å². The third kappa shape index (κ3) is 18.9. The molecule has 18 heteroatoms. The molecule has 7 amide bonds. The van der Waals surface area contributed by atoms with E-state index in [1.165, 1.54) is 6.92 Å². The normalized spacial score (nSPS) is 14.6. The summed E-state index contributed by atoms with van der Waals surface area (Å²) in [5.41, 5.74) is 18.2. The molecule has 0 heterocycles. The van der Waals surface area contributed by atoms with Gasteiger partial charge in [-0.1, -0.05) is 88.4 Å². The van der Waals surface area contributed by atoms with Crippen LogP contribution in [0.1, 0.15) is 84.3 Å². The maximum Gasteiger partial charge on any atom is 0.325 e. The molecule has 336 valence electrons. The van der Waals surface area contributed by atoms with Gasteiger partial charge < -0.3 is 54.2 Å². The SMILES string of the molecule is CC(C)C[C@H](NC(=O)[C@H](CCCCN)NC(=O)[C@@H](N)CCC(N)=O)C(=O)N[C@H](C(=O)N[C@@H](Cc1ccccc1)C(=O)N[C@@H](Cc1ccccc1)C(=O)N[C@@H](C)C(=O)O)C(C)C. The smallest absolute Gasteiger partial charge is 0.325 e. The zero-order valence-corrected chi connectivity index (χ0v) is 35.8. The Kier molecular flexibility index (Phi) is 22.1. The minimum Gasteiger partial charge on any atom is -0.480 e. The highest BCUT2D eigenvalue weighted by Gasteiger charge is 2.35. The third-order valence-corrected chi connectivity index (χ3v) is 9.77. The first-order valence-electron chi connectivity index (χ1n) is 20.7. The van der Waals surface area contributed by atoms with Gasteiger partial charge >= 0.3 is 5.97 Å². The van der Waals surface area contributed by atoms with E-state index < -0.39 is 95.5 Å². The summed E-state index contributed by atoms with van der Waals surface area (Å²) in [6.45, 7) is 8.73. The Hall–Kier alpha value is -5.88. The fourth-order valence-electron chi connectivity index (χ4n) is 6.26. The van der Waals surface area contributed by atoms with Gasteiger partial charge in [-0.05, 0) is 68.5 Å². The number of primary amides is 1. The average molecular weight is 852 g/mol. The highest BCUT2D eigenvalue weighted by Crippen LogP contribution is 2.12. The van der Waals surface area contributed by atoms with E-state index in [4.69, 9.17) is 17.2 Å². The fraction of sp³-hybridized carbons (Fsp3) is 0.535. The molecular formula is C43H65N9O9.